The number of halogens is 2. The molecule has 4 aromatic rings. The van der Waals surface area contributed by atoms with Crippen molar-refractivity contribution in [1.29, 1.82) is 0 Å². The van der Waals surface area contributed by atoms with Gasteiger partial charge in [-0.3, -0.25) is 13.1 Å². The molecule has 1 saturated heterocycles. The predicted octanol–water partition coefficient (Wildman–Crippen LogP) is 7.37. The number of likely N-dealkylation sites (N-methyl/N-ethyl adjacent to an activating group) is 1. The van der Waals surface area contributed by atoms with Crippen LogP contribution in [0.4, 0.5) is 34.5 Å². The second-order valence-electron chi connectivity index (χ2n) is 11.3. The van der Waals surface area contributed by atoms with Gasteiger partial charge in [-0.1, -0.05) is 6.92 Å². The van der Waals surface area contributed by atoms with Crippen LogP contribution >= 0.6 is 50.7 Å². The average Bonchev–Trinajstić information content (AvgIpc) is 3.70. The van der Waals surface area contributed by atoms with E-state index in [1.54, 1.807) is 25.7 Å². The van der Waals surface area contributed by atoms with Crippen LogP contribution in [0.25, 0.3) is 11.0 Å². The Labute approximate surface area is 285 Å². The number of rotatable bonds is 11. The zero-order valence-electron chi connectivity index (χ0n) is 25.6. The molecule has 2 aliphatic rings. The lowest BCUT2D eigenvalue weighted by Gasteiger charge is -2.27. The zero-order chi connectivity index (χ0) is 31.0. The fraction of sp³-hybridized carbons (Fsp3) is 0.419. The van der Waals surface area contributed by atoms with Crippen LogP contribution < -0.4 is 22.4 Å². The van der Waals surface area contributed by atoms with Crippen LogP contribution in [0.5, 0.6) is 5.75 Å². The van der Waals surface area contributed by atoms with Gasteiger partial charge in [-0.25, -0.2) is 4.98 Å². The fourth-order valence-electron chi connectivity index (χ4n) is 5.56. The van der Waals surface area contributed by atoms with Crippen molar-refractivity contribution in [3.05, 3.63) is 52.9 Å². The van der Waals surface area contributed by atoms with Gasteiger partial charge in [0.2, 0.25) is 5.95 Å². The second kappa shape index (κ2) is 13.4. The van der Waals surface area contributed by atoms with Crippen LogP contribution in [0.1, 0.15) is 31.7 Å². The highest BCUT2D eigenvalue weighted by Crippen LogP contribution is 2.47. The molecule has 0 spiro atoms. The molecule has 1 atom stereocenters. The number of aryl methyl sites for hydroxylation is 1. The van der Waals surface area contributed by atoms with Gasteiger partial charge in [0.1, 0.15) is 11.3 Å². The number of methoxy groups -OCH3 is 1. The lowest BCUT2D eigenvalue weighted by molar-refractivity contribution is 0.315. The van der Waals surface area contributed by atoms with E-state index in [9.17, 15) is 0 Å². The maximum atomic E-state index is 5.88. The van der Waals surface area contributed by atoms with E-state index in [1.807, 2.05) is 18.0 Å². The second-order valence-corrected chi connectivity index (χ2v) is 14.6. The Kier molecular flexibility index (Phi) is 9.55. The van der Waals surface area contributed by atoms with Gasteiger partial charge >= 0.3 is 0 Å². The van der Waals surface area contributed by atoms with Gasteiger partial charge < -0.3 is 24.2 Å². The summed E-state index contributed by atoms with van der Waals surface area (Å²) in [6.45, 7) is 4.24. The molecule has 1 aliphatic carbocycles. The van der Waals surface area contributed by atoms with E-state index in [0.717, 1.165) is 70.1 Å². The van der Waals surface area contributed by atoms with E-state index in [0.29, 0.717) is 17.2 Å². The minimum atomic E-state index is 0.481. The van der Waals surface area contributed by atoms with E-state index < -0.39 is 0 Å². The third kappa shape index (κ3) is 6.51. The van der Waals surface area contributed by atoms with Crippen LogP contribution in [0.2, 0.25) is 0 Å². The van der Waals surface area contributed by atoms with Crippen molar-refractivity contribution in [3.63, 3.8) is 0 Å². The Morgan fingerprint density at radius 3 is 2.61 bits per heavy atom. The largest absolute Gasteiger partial charge is 0.494 e. The smallest absolute Gasteiger partial charge is 0.229 e. The summed E-state index contributed by atoms with van der Waals surface area (Å²) in [5.41, 5.74) is 7.03. The maximum Gasteiger partial charge on any atom is 0.229 e. The lowest BCUT2D eigenvalue weighted by Crippen LogP contribution is -2.31. The van der Waals surface area contributed by atoms with E-state index in [1.165, 1.54) is 24.1 Å². The molecular weight excluding hydrogens is 753 g/mol. The molecule has 2 fully saturated rings. The standard InChI is InChI=1S/C31H37BrIN9OS/c1-6-19-15-24(27(43-5)16-26(19)41-14-11-20(18-41)39(2)3)37-31-36-17-22(32)30(38-31)42(33)25-10-9-23-28(35-13-12-34-23)29(25)40(4)44-21-7-8-21/h9-10,12-13,15-17,20-21H,6-8,11,14,18H2,1-5H3,(H,36,37,38). The molecule has 13 heteroatoms. The van der Waals surface area contributed by atoms with E-state index in [-0.39, 0.29) is 0 Å². The molecule has 2 aromatic heterocycles. The summed E-state index contributed by atoms with van der Waals surface area (Å²) in [7, 11) is 8.13. The first kappa shape index (κ1) is 31.4. The highest BCUT2D eigenvalue weighted by Gasteiger charge is 2.29. The first-order valence-electron chi connectivity index (χ1n) is 14.8. The first-order valence-corrected chi connectivity index (χ1v) is 17.4. The monoisotopic (exact) mass is 789 g/mol. The maximum absolute atomic E-state index is 5.88. The number of nitrogens with zero attached hydrogens (tertiary/aromatic N) is 8. The molecule has 0 bridgehead atoms. The van der Waals surface area contributed by atoms with Crippen molar-refractivity contribution in [3.8, 4) is 5.75 Å². The summed E-state index contributed by atoms with van der Waals surface area (Å²) in [5, 5.41) is 4.09. The normalized spacial score (nSPS) is 16.5. The number of fused-ring (bicyclic) bond motifs is 1. The minimum absolute atomic E-state index is 0.481. The molecule has 1 saturated carbocycles. The van der Waals surface area contributed by atoms with Gasteiger partial charge in [0.25, 0.3) is 0 Å². The van der Waals surface area contributed by atoms with Crippen LogP contribution in [0.3, 0.4) is 0 Å². The van der Waals surface area contributed by atoms with Gasteiger partial charge in [0, 0.05) is 61.8 Å². The molecular formula is C31H37BrIN9OS. The SMILES string of the molecule is CCc1cc(Nc2ncc(Br)c(N(I)c3ccc4nccnc4c3N(C)SC3CC3)n2)c(OC)cc1N1CCC(N(C)C)C1. The zero-order valence-corrected chi connectivity index (χ0v) is 30.1. The number of hydrogen-bond acceptors (Lipinski definition) is 11. The minimum Gasteiger partial charge on any atom is -0.494 e. The van der Waals surface area contributed by atoms with Crippen molar-refractivity contribution in [2.24, 2.45) is 0 Å². The van der Waals surface area contributed by atoms with E-state index >= 15 is 0 Å². The molecule has 44 heavy (non-hydrogen) atoms. The topological polar surface area (TPSA) is 85.8 Å². The van der Waals surface area contributed by atoms with Gasteiger partial charge in [0.05, 0.1) is 57.0 Å². The summed E-state index contributed by atoms with van der Waals surface area (Å²) < 4.78 is 10.9. The molecule has 0 radical (unpaired) electrons. The first-order chi connectivity index (χ1) is 21.3. The third-order valence-electron chi connectivity index (χ3n) is 8.12. The van der Waals surface area contributed by atoms with Crippen molar-refractivity contribution in [1.82, 2.24) is 24.8 Å². The number of aromatic nitrogens is 4. The Balaban J connectivity index is 1.32. The lowest BCUT2D eigenvalue weighted by atomic mass is 10.1. The Hall–Kier alpha value is -2.62. The van der Waals surface area contributed by atoms with Crippen molar-refractivity contribution in [2.75, 3.05) is 59.0 Å². The summed E-state index contributed by atoms with van der Waals surface area (Å²) >= 11 is 7.87. The van der Waals surface area contributed by atoms with E-state index in [4.69, 9.17) is 14.7 Å². The quantitative estimate of drug-likeness (QED) is 0.0940. The van der Waals surface area contributed by atoms with Gasteiger partial charge in [-0.2, -0.15) is 4.98 Å². The highest BCUT2D eigenvalue weighted by atomic mass is 127. The summed E-state index contributed by atoms with van der Waals surface area (Å²) in [6, 6.07) is 8.97. The molecule has 10 nitrogen and oxygen atoms in total. The predicted molar refractivity (Wildman–Crippen MR) is 194 cm³/mol. The summed E-state index contributed by atoms with van der Waals surface area (Å²) in [5.74, 6) is 1.96. The number of ether oxygens (including phenoxy) is 1. The third-order valence-corrected chi connectivity index (χ3v) is 10.9. The van der Waals surface area contributed by atoms with E-state index in [2.05, 4.69) is 118 Å². The van der Waals surface area contributed by atoms with Gasteiger partial charge in [-0.15, -0.1) is 0 Å². The average molecular weight is 791 g/mol. The molecule has 0 amide bonds. The fourth-order valence-corrected chi connectivity index (χ4v) is 8.10. The number of nitrogens with one attached hydrogen (secondary N) is 1. The Bertz CT molecular complexity index is 1660. The van der Waals surface area contributed by atoms with Crippen LogP contribution in [0.15, 0.2) is 47.3 Å². The molecule has 1 aliphatic heterocycles. The summed E-state index contributed by atoms with van der Waals surface area (Å²) in [6.07, 6.45) is 9.80. The molecule has 3 heterocycles. The number of hydrogen-bond donors (Lipinski definition) is 1. The number of benzene rings is 2. The van der Waals surface area contributed by atoms with Crippen LogP contribution in [-0.4, -0.2) is 77.5 Å². The van der Waals surface area contributed by atoms with Gasteiger partial charge in [-0.05, 0) is 91.4 Å². The van der Waals surface area contributed by atoms with Crippen LogP contribution in [-0.2, 0) is 6.42 Å². The van der Waals surface area contributed by atoms with Crippen molar-refractivity contribution < 1.29 is 4.74 Å². The Morgan fingerprint density at radius 2 is 1.91 bits per heavy atom. The molecule has 1 N–H and O–H groups in total. The van der Waals surface area contributed by atoms with Crippen molar-refractivity contribution >= 4 is 96.3 Å². The molecule has 1 unspecified atom stereocenters. The molecule has 2 aromatic carbocycles. The summed E-state index contributed by atoms with van der Waals surface area (Å²) in [4.78, 5) is 23.7. The number of anilines is 6. The molecule has 6 rings (SSSR count). The molecule has 232 valence electrons. The van der Waals surface area contributed by atoms with Crippen molar-refractivity contribution in [2.45, 2.75) is 43.9 Å². The highest BCUT2D eigenvalue weighted by molar-refractivity contribution is 14.1. The van der Waals surface area contributed by atoms with Crippen LogP contribution in [0, 0.1) is 0 Å². The van der Waals surface area contributed by atoms with Gasteiger partial charge in [0.15, 0.2) is 5.82 Å². The Morgan fingerprint density at radius 1 is 1.11 bits per heavy atom.